The van der Waals surface area contributed by atoms with E-state index in [0.29, 0.717) is 6.61 Å². The van der Waals surface area contributed by atoms with Crippen LogP contribution in [-0.2, 0) is 16.6 Å². The summed E-state index contributed by atoms with van der Waals surface area (Å²) >= 11 is 3.52. The Labute approximate surface area is 132 Å². The lowest BCUT2D eigenvalue weighted by Crippen LogP contribution is -2.63. The van der Waals surface area contributed by atoms with Gasteiger partial charge < -0.3 is 13.8 Å². The van der Waals surface area contributed by atoms with Gasteiger partial charge >= 0.3 is 6.69 Å². The van der Waals surface area contributed by atoms with Crippen molar-refractivity contribution in [2.45, 2.75) is 11.9 Å². The molecule has 0 N–H and O–H groups in total. The minimum absolute atomic E-state index is 0.595. The molecule has 2 aliphatic heterocycles. The zero-order valence-electron chi connectivity index (χ0n) is 11.8. The first-order valence-corrected chi connectivity index (χ1v) is 8.17. The van der Waals surface area contributed by atoms with E-state index in [9.17, 15) is 0 Å². The van der Waals surface area contributed by atoms with Gasteiger partial charge in [-0.2, -0.15) is 0 Å². The predicted molar refractivity (Wildman–Crippen MR) is 87.7 cm³/mol. The third kappa shape index (κ3) is 1.88. The highest BCUT2D eigenvalue weighted by Crippen LogP contribution is 2.29. The molecule has 0 aliphatic carbocycles. The van der Waals surface area contributed by atoms with Crippen LogP contribution in [0.15, 0.2) is 42.5 Å². The lowest BCUT2D eigenvalue weighted by Gasteiger charge is -2.36. The third-order valence-corrected chi connectivity index (χ3v) is 4.95. The van der Waals surface area contributed by atoms with E-state index in [-0.39, 0.29) is 0 Å². The maximum absolute atomic E-state index is 6.34. The van der Waals surface area contributed by atoms with Crippen molar-refractivity contribution in [2.75, 3.05) is 7.05 Å². The molecular formula is C16H15BBrNO2. The van der Waals surface area contributed by atoms with Crippen LogP contribution < -0.4 is 10.1 Å². The van der Waals surface area contributed by atoms with Crippen molar-refractivity contribution in [3.05, 3.63) is 59.2 Å². The van der Waals surface area contributed by atoms with Crippen molar-refractivity contribution < 1.29 is 13.8 Å². The number of alkyl halides is 1. The normalized spacial score (nSPS) is 22.5. The Morgan fingerprint density at radius 1 is 1.24 bits per heavy atom. The van der Waals surface area contributed by atoms with Gasteiger partial charge in [0.25, 0.3) is 0 Å². The van der Waals surface area contributed by atoms with Crippen LogP contribution in [0, 0.1) is 0 Å². The monoisotopic (exact) mass is 343 g/mol. The molecule has 0 radical (unpaired) electrons. The smallest absolute Gasteiger partial charge is 0.625 e. The van der Waals surface area contributed by atoms with Crippen molar-refractivity contribution in [1.82, 2.24) is 0 Å². The second-order valence-electron chi connectivity index (χ2n) is 5.60. The number of benzene rings is 2. The molecule has 0 saturated heterocycles. The first-order valence-electron chi connectivity index (χ1n) is 7.04. The number of nitrogens with zero attached hydrogens (tertiary/aromatic N) is 1. The second kappa shape index (κ2) is 4.72. The minimum atomic E-state index is -1.63. The summed E-state index contributed by atoms with van der Waals surface area (Å²) in [5.41, 5.74) is 4.68. The maximum Gasteiger partial charge on any atom is 0.625 e. The lowest BCUT2D eigenvalue weighted by molar-refractivity contribution is -0.392. The molecule has 2 heterocycles. The summed E-state index contributed by atoms with van der Waals surface area (Å²) in [6.45, 7) is -1.03. The fraction of sp³-hybridized carbons (Fsp3) is 0.188. The fourth-order valence-corrected chi connectivity index (χ4v) is 3.54. The van der Waals surface area contributed by atoms with E-state index in [1.165, 1.54) is 11.1 Å². The van der Waals surface area contributed by atoms with Crippen molar-refractivity contribution in [3.8, 4) is 5.75 Å². The third-order valence-electron chi connectivity index (χ3n) is 4.31. The van der Waals surface area contributed by atoms with E-state index in [4.69, 9.17) is 9.31 Å². The maximum atomic E-state index is 6.34. The van der Waals surface area contributed by atoms with Crippen LogP contribution in [0.2, 0.25) is 0 Å². The van der Waals surface area contributed by atoms with Crippen LogP contribution in [0.25, 0.3) is 0 Å². The van der Waals surface area contributed by atoms with Gasteiger partial charge in [-0.15, -0.1) is 0 Å². The van der Waals surface area contributed by atoms with Crippen LogP contribution in [0.3, 0.4) is 0 Å². The molecule has 1 spiro atoms. The molecule has 106 valence electrons. The van der Waals surface area contributed by atoms with E-state index < -0.39 is 6.69 Å². The molecule has 0 aromatic heterocycles. The highest BCUT2D eigenvalue weighted by molar-refractivity contribution is 9.08. The van der Waals surface area contributed by atoms with Crippen LogP contribution in [-0.4, -0.2) is 24.4 Å². The quantitative estimate of drug-likeness (QED) is 0.586. The zero-order valence-corrected chi connectivity index (χ0v) is 13.3. The summed E-state index contributed by atoms with van der Waals surface area (Å²) in [7, 11) is 2.02. The Kier molecular flexibility index (Phi) is 2.94. The van der Waals surface area contributed by atoms with Gasteiger partial charge in [0, 0.05) is 11.9 Å². The van der Waals surface area contributed by atoms with Crippen molar-refractivity contribution >= 4 is 34.3 Å². The van der Waals surface area contributed by atoms with E-state index in [1.807, 2.05) is 25.2 Å². The Hall–Kier alpha value is -1.59. The first kappa shape index (κ1) is 13.1. The fourth-order valence-electron chi connectivity index (χ4n) is 3.19. The molecule has 2 aromatic carbocycles. The molecule has 0 saturated carbocycles. The Morgan fingerprint density at radius 2 is 2.10 bits per heavy atom. The van der Waals surface area contributed by atoms with Crippen molar-refractivity contribution in [2.24, 2.45) is 0 Å². The summed E-state index contributed by atoms with van der Waals surface area (Å²) in [4.78, 5) is 0. The SMILES string of the molecule is C[N+]1=Cc2ccccc2O[B-]12OCc1ccc(CBr)cc12. The summed E-state index contributed by atoms with van der Waals surface area (Å²) in [5, 5.41) is 0.830. The molecule has 1 atom stereocenters. The number of fused-ring (bicyclic) bond motifs is 3. The molecular weight excluding hydrogens is 329 g/mol. The topological polar surface area (TPSA) is 21.5 Å². The van der Waals surface area contributed by atoms with Gasteiger partial charge in [0.15, 0.2) is 0 Å². The number of hydrogen-bond donors (Lipinski definition) is 0. The minimum Gasteiger partial charge on any atom is -0.630 e. The van der Waals surface area contributed by atoms with Gasteiger partial charge in [0.1, 0.15) is 6.21 Å². The van der Waals surface area contributed by atoms with E-state index in [1.54, 1.807) is 0 Å². The molecule has 0 fully saturated rings. The van der Waals surface area contributed by atoms with E-state index in [2.05, 4.69) is 50.9 Å². The molecule has 2 aromatic rings. The molecule has 0 bridgehead atoms. The first-order chi connectivity index (χ1) is 10.2. The summed E-state index contributed by atoms with van der Waals surface area (Å²) in [5.74, 6) is 0.882. The summed E-state index contributed by atoms with van der Waals surface area (Å²) in [6.07, 6.45) is 2.11. The van der Waals surface area contributed by atoms with Gasteiger partial charge in [-0.25, -0.2) is 0 Å². The number of para-hydroxylation sites is 1. The van der Waals surface area contributed by atoms with Crippen molar-refractivity contribution in [3.63, 3.8) is 0 Å². The molecule has 3 nitrogen and oxygen atoms in total. The Morgan fingerprint density at radius 3 is 2.95 bits per heavy atom. The average molecular weight is 344 g/mol. The van der Waals surface area contributed by atoms with Crippen LogP contribution >= 0.6 is 15.9 Å². The molecule has 5 heteroatoms. The zero-order chi connectivity index (χ0) is 14.4. The summed E-state index contributed by atoms with van der Waals surface area (Å²) in [6, 6.07) is 14.5. The van der Waals surface area contributed by atoms with E-state index >= 15 is 0 Å². The van der Waals surface area contributed by atoms with Crippen LogP contribution in [0.1, 0.15) is 16.7 Å². The number of rotatable bonds is 1. The Balaban J connectivity index is 1.89. The van der Waals surface area contributed by atoms with Gasteiger partial charge in [-0.1, -0.05) is 46.3 Å². The van der Waals surface area contributed by atoms with Gasteiger partial charge in [-0.05, 0) is 28.7 Å². The highest BCUT2D eigenvalue weighted by Gasteiger charge is 2.52. The van der Waals surface area contributed by atoms with Gasteiger partial charge in [0.05, 0.1) is 18.4 Å². The second-order valence-corrected chi connectivity index (χ2v) is 6.16. The molecule has 0 amide bonds. The molecule has 4 rings (SSSR count). The van der Waals surface area contributed by atoms with E-state index in [0.717, 1.165) is 22.1 Å². The molecule has 1 unspecified atom stereocenters. The lowest BCUT2D eigenvalue weighted by atomic mass is 9.62. The average Bonchev–Trinajstić information content (AvgIpc) is 2.87. The van der Waals surface area contributed by atoms with Crippen LogP contribution in [0.4, 0.5) is 0 Å². The largest absolute Gasteiger partial charge is 0.630 e. The molecule has 2 aliphatic rings. The van der Waals surface area contributed by atoms with Crippen molar-refractivity contribution in [1.29, 1.82) is 0 Å². The van der Waals surface area contributed by atoms with Crippen LogP contribution in [0.5, 0.6) is 5.75 Å². The molecule has 21 heavy (non-hydrogen) atoms. The number of hydrogen-bond acceptors (Lipinski definition) is 2. The highest BCUT2D eigenvalue weighted by atomic mass is 79.9. The standard InChI is InChI=1S/C16H15BBrNO2/c1-19-10-13-4-2-3-5-16(13)21-17(19)15-8-12(9-18)6-7-14(15)11-20-17/h2-8,10H,9,11H2,1H3. The predicted octanol–water partition coefficient (Wildman–Crippen LogP) is 2.41. The van der Waals surface area contributed by atoms with Gasteiger partial charge in [-0.3, -0.25) is 0 Å². The summed E-state index contributed by atoms with van der Waals surface area (Å²) < 4.78 is 14.6. The number of halogens is 1. The van der Waals surface area contributed by atoms with Gasteiger partial charge in [0.2, 0.25) is 0 Å². The Bertz CT molecular complexity index is 762.